The van der Waals surface area contributed by atoms with E-state index in [1.807, 2.05) is 32.0 Å². The van der Waals surface area contributed by atoms with Crippen LogP contribution in [0, 0.1) is 13.8 Å². The lowest BCUT2D eigenvalue weighted by Gasteiger charge is -2.15. The minimum Gasteiger partial charge on any atom is -0.267 e. The van der Waals surface area contributed by atoms with Gasteiger partial charge in [0, 0.05) is 18.7 Å². The van der Waals surface area contributed by atoms with Crippen molar-refractivity contribution in [3.63, 3.8) is 0 Å². The summed E-state index contributed by atoms with van der Waals surface area (Å²) >= 11 is 0. The second-order valence-corrected chi connectivity index (χ2v) is 8.64. The zero-order valence-corrected chi connectivity index (χ0v) is 16.3. The minimum absolute atomic E-state index is 0.135. The highest BCUT2D eigenvalue weighted by atomic mass is 32.2. The van der Waals surface area contributed by atoms with Crippen LogP contribution in [0.15, 0.2) is 52.5 Å². The minimum atomic E-state index is -3.55. The summed E-state index contributed by atoms with van der Waals surface area (Å²) in [5.74, 6) is -0.449. The van der Waals surface area contributed by atoms with Crippen molar-refractivity contribution in [3.05, 3.63) is 64.7 Å². The fraction of sp³-hybridized carbons (Fsp3) is 0.300. The number of sulfonamides is 1. The Balaban J connectivity index is 1.74. The van der Waals surface area contributed by atoms with E-state index >= 15 is 0 Å². The molecule has 1 heterocycles. The number of benzene rings is 2. The Hall–Kier alpha value is -2.51. The standard InChI is InChI=1S/C20H23N3O3S/c1-15-8-9-16(2)18(12-15)14-21-22-20(24)17-6-5-7-19(13-17)27(25,26)23-10-3-4-11-23/h5-9,12-14H,3-4,10-11H2,1-2H3,(H,22,24)/b21-14-. The van der Waals surface area contributed by atoms with Crippen LogP contribution in [0.4, 0.5) is 0 Å². The molecule has 2 aromatic carbocycles. The maximum absolute atomic E-state index is 12.6. The molecule has 0 spiro atoms. The van der Waals surface area contributed by atoms with Crippen molar-refractivity contribution in [1.29, 1.82) is 0 Å². The van der Waals surface area contributed by atoms with Gasteiger partial charge in [-0.05, 0) is 56.0 Å². The molecule has 3 rings (SSSR count). The number of rotatable bonds is 5. The van der Waals surface area contributed by atoms with Crippen molar-refractivity contribution in [2.45, 2.75) is 31.6 Å². The maximum atomic E-state index is 12.6. The lowest BCUT2D eigenvalue weighted by molar-refractivity contribution is 0.0955. The fourth-order valence-electron chi connectivity index (χ4n) is 3.00. The summed E-state index contributed by atoms with van der Waals surface area (Å²) in [6.45, 7) is 5.01. The molecule has 142 valence electrons. The second kappa shape index (κ2) is 8.02. The highest BCUT2D eigenvalue weighted by Crippen LogP contribution is 2.21. The first-order chi connectivity index (χ1) is 12.9. The van der Waals surface area contributed by atoms with Crippen LogP contribution in [0.5, 0.6) is 0 Å². The number of amides is 1. The first kappa shape index (κ1) is 19.3. The Labute approximate surface area is 159 Å². The van der Waals surface area contributed by atoms with Gasteiger partial charge in [0.15, 0.2) is 0 Å². The van der Waals surface area contributed by atoms with Gasteiger partial charge in [-0.15, -0.1) is 0 Å². The third-order valence-electron chi connectivity index (χ3n) is 4.60. The quantitative estimate of drug-likeness (QED) is 0.635. The van der Waals surface area contributed by atoms with Crippen molar-refractivity contribution in [3.8, 4) is 0 Å². The zero-order valence-electron chi connectivity index (χ0n) is 15.5. The molecular weight excluding hydrogens is 362 g/mol. The van der Waals surface area contributed by atoms with E-state index in [0.717, 1.165) is 29.5 Å². The molecule has 0 aromatic heterocycles. The molecular formula is C20H23N3O3S. The van der Waals surface area contributed by atoms with Gasteiger partial charge in [-0.25, -0.2) is 13.8 Å². The Morgan fingerprint density at radius 3 is 2.59 bits per heavy atom. The van der Waals surface area contributed by atoms with E-state index in [2.05, 4.69) is 10.5 Å². The summed E-state index contributed by atoms with van der Waals surface area (Å²) in [5, 5.41) is 4.00. The molecule has 0 unspecified atom stereocenters. The molecule has 0 aliphatic carbocycles. The number of hydrazone groups is 1. The van der Waals surface area contributed by atoms with Crippen LogP contribution in [0.2, 0.25) is 0 Å². The van der Waals surface area contributed by atoms with Crippen molar-refractivity contribution in [1.82, 2.24) is 9.73 Å². The largest absolute Gasteiger partial charge is 0.271 e. The normalized spacial score (nSPS) is 15.3. The summed E-state index contributed by atoms with van der Waals surface area (Å²) in [6, 6.07) is 12.1. The molecule has 0 bridgehead atoms. The number of nitrogens with one attached hydrogen (secondary N) is 1. The number of carbonyl (C=O) groups is 1. The summed E-state index contributed by atoms with van der Waals surface area (Å²) in [6.07, 6.45) is 3.32. The molecule has 2 aromatic rings. The van der Waals surface area contributed by atoms with Crippen LogP contribution in [0.1, 0.15) is 39.9 Å². The summed E-state index contributed by atoms with van der Waals surface area (Å²) in [4.78, 5) is 12.5. The predicted molar refractivity (Wildman–Crippen MR) is 105 cm³/mol. The Kier molecular flexibility index (Phi) is 5.72. The van der Waals surface area contributed by atoms with Gasteiger partial charge in [0.25, 0.3) is 5.91 Å². The first-order valence-electron chi connectivity index (χ1n) is 8.89. The van der Waals surface area contributed by atoms with Crippen molar-refractivity contribution in [2.75, 3.05) is 13.1 Å². The number of hydrogen-bond donors (Lipinski definition) is 1. The van der Waals surface area contributed by atoms with Crippen LogP contribution in [-0.2, 0) is 10.0 Å². The van der Waals surface area contributed by atoms with Gasteiger partial charge >= 0.3 is 0 Å². The number of hydrogen-bond acceptors (Lipinski definition) is 4. The Bertz CT molecular complexity index is 978. The third kappa shape index (κ3) is 4.43. The lowest BCUT2D eigenvalue weighted by Crippen LogP contribution is -2.28. The maximum Gasteiger partial charge on any atom is 0.271 e. The predicted octanol–water partition coefficient (Wildman–Crippen LogP) is 2.85. The molecule has 1 N–H and O–H groups in total. The van der Waals surface area contributed by atoms with Gasteiger partial charge in [0.1, 0.15) is 0 Å². The van der Waals surface area contributed by atoms with Crippen molar-refractivity contribution in [2.24, 2.45) is 5.10 Å². The van der Waals surface area contributed by atoms with E-state index in [1.165, 1.54) is 16.4 Å². The van der Waals surface area contributed by atoms with E-state index in [0.29, 0.717) is 13.1 Å². The van der Waals surface area contributed by atoms with E-state index in [4.69, 9.17) is 0 Å². The van der Waals surface area contributed by atoms with Gasteiger partial charge in [-0.3, -0.25) is 4.79 Å². The molecule has 6 nitrogen and oxygen atoms in total. The van der Waals surface area contributed by atoms with Gasteiger partial charge < -0.3 is 0 Å². The van der Waals surface area contributed by atoms with Gasteiger partial charge in [-0.2, -0.15) is 9.41 Å². The molecule has 1 amide bonds. The van der Waals surface area contributed by atoms with Crippen LogP contribution in [0.25, 0.3) is 0 Å². The molecule has 1 aliphatic heterocycles. The summed E-state index contributed by atoms with van der Waals surface area (Å²) in [7, 11) is -3.55. The van der Waals surface area contributed by atoms with Crippen molar-refractivity contribution >= 4 is 22.1 Å². The number of carbonyl (C=O) groups excluding carboxylic acids is 1. The second-order valence-electron chi connectivity index (χ2n) is 6.70. The van der Waals surface area contributed by atoms with Gasteiger partial charge in [-0.1, -0.05) is 29.8 Å². The van der Waals surface area contributed by atoms with E-state index < -0.39 is 15.9 Å². The molecule has 0 atom stereocenters. The molecule has 27 heavy (non-hydrogen) atoms. The van der Waals surface area contributed by atoms with E-state index in [-0.39, 0.29) is 10.5 Å². The van der Waals surface area contributed by atoms with E-state index in [1.54, 1.807) is 18.3 Å². The first-order valence-corrected chi connectivity index (χ1v) is 10.3. The third-order valence-corrected chi connectivity index (χ3v) is 6.50. The monoisotopic (exact) mass is 385 g/mol. The number of aryl methyl sites for hydroxylation is 2. The molecule has 1 fully saturated rings. The smallest absolute Gasteiger partial charge is 0.267 e. The fourth-order valence-corrected chi connectivity index (χ4v) is 4.56. The number of nitrogens with zero attached hydrogens (tertiary/aromatic N) is 2. The average Bonchev–Trinajstić information content (AvgIpc) is 3.20. The summed E-state index contributed by atoms with van der Waals surface area (Å²) in [5.41, 5.74) is 5.80. The highest BCUT2D eigenvalue weighted by Gasteiger charge is 2.27. The average molecular weight is 385 g/mol. The highest BCUT2D eigenvalue weighted by molar-refractivity contribution is 7.89. The molecule has 7 heteroatoms. The SMILES string of the molecule is Cc1ccc(C)c(/C=N\NC(=O)c2cccc(S(=O)(=O)N3CCCC3)c2)c1. The molecule has 0 saturated carbocycles. The van der Waals surface area contributed by atoms with Gasteiger partial charge in [0.05, 0.1) is 11.1 Å². The van der Waals surface area contributed by atoms with Crippen LogP contribution in [0.3, 0.4) is 0 Å². The van der Waals surface area contributed by atoms with Crippen LogP contribution < -0.4 is 5.43 Å². The molecule has 1 aliphatic rings. The Morgan fingerprint density at radius 2 is 1.85 bits per heavy atom. The van der Waals surface area contributed by atoms with Crippen LogP contribution >= 0.6 is 0 Å². The zero-order chi connectivity index (χ0) is 19.4. The van der Waals surface area contributed by atoms with Crippen LogP contribution in [-0.4, -0.2) is 37.9 Å². The van der Waals surface area contributed by atoms with Crippen molar-refractivity contribution < 1.29 is 13.2 Å². The lowest BCUT2D eigenvalue weighted by atomic mass is 10.1. The van der Waals surface area contributed by atoms with Gasteiger partial charge in [0.2, 0.25) is 10.0 Å². The summed E-state index contributed by atoms with van der Waals surface area (Å²) < 4.78 is 26.7. The Morgan fingerprint density at radius 1 is 1.11 bits per heavy atom. The molecule has 1 saturated heterocycles. The topological polar surface area (TPSA) is 78.8 Å². The van der Waals surface area contributed by atoms with E-state index in [9.17, 15) is 13.2 Å². The molecule has 0 radical (unpaired) electrons.